The molecule has 0 radical (unpaired) electrons. The Morgan fingerprint density at radius 1 is 0.568 bits per heavy atom. The lowest BCUT2D eigenvalue weighted by atomic mass is 9.97. The van der Waals surface area contributed by atoms with Crippen LogP contribution in [-0.4, -0.2) is 14.5 Å². The van der Waals surface area contributed by atoms with Crippen molar-refractivity contribution >= 4 is 11.0 Å². The van der Waals surface area contributed by atoms with Crippen molar-refractivity contribution in [3.8, 4) is 39.3 Å². The van der Waals surface area contributed by atoms with Crippen molar-refractivity contribution in [2.45, 2.75) is 25.7 Å². The highest BCUT2D eigenvalue weighted by atomic mass is 15.0. The van der Waals surface area contributed by atoms with Crippen LogP contribution in [0.1, 0.15) is 24.1 Å². The first-order valence-electron chi connectivity index (χ1n) is 13.1. The highest BCUT2D eigenvalue weighted by Crippen LogP contribution is 2.35. The van der Waals surface area contributed by atoms with Crippen molar-refractivity contribution in [1.82, 2.24) is 14.5 Å². The van der Waals surface area contributed by atoms with E-state index in [0.717, 1.165) is 46.4 Å². The summed E-state index contributed by atoms with van der Waals surface area (Å²) in [5, 5.41) is 0. The summed E-state index contributed by atoms with van der Waals surface area (Å²) in [6.45, 7) is 0. The number of hydrogen-bond acceptors (Lipinski definition) is 2. The van der Waals surface area contributed by atoms with Gasteiger partial charge in [-0.1, -0.05) is 72.8 Å². The van der Waals surface area contributed by atoms with Gasteiger partial charge in [-0.3, -0.25) is 4.98 Å². The van der Waals surface area contributed by atoms with E-state index in [2.05, 4.69) is 102 Å². The first kappa shape index (κ1) is 21.8. The summed E-state index contributed by atoms with van der Waals surface area (Å²) in [4.78, 5) is 9.84. The van der Waals surface area contributed by atoms with Gasteiger partial charge >= 0.3 is 0 Å². The SMILES string of the molecule is c1ccc(-c2cc(-c3cccc(-n4c5c(c6ncccc64)CCCC5)c3)cc(-c3ccccc3)n2)cc1. The standard InChI is InChI=1S/C34H27N3/c1-3-11-24(12-4-1)30-22-27(23-31(36-30)25-13-5-2-6-14-25)26-15-9-16-28(21-26)37-32-18-8-7-17-29(32)34-33(37)19-10-20-35-34/h1-6,9-16,19-23H,7-8,17-18H2. The van der Waals surface area contributed by atoms with Crippen LogP contribution in [0.3, 0.4) is 0 Å². The quantitative estimate of drug-likeness (QED) is 0.256. The number of hydrogen-bond donors (Lipinski definition) is 0. The van der Waals surface area contributed by atoms with Crippen molar-refractivity contribution < 1.29 is 0 Å². The summed E-state index contributed by atoms with van der Waals surface area (Å²) in [5.74, 6) is 0. The van der Waals surface area contributed by atoms with Crippen LogP contribution >= 0.6 is 0 Å². The maximum Gasteiger partial charge on any atom is 0.0919 e. The lowest BCUT2D eigenvalue weighted by Gasteiger charge is -2.17. The minimum Gasteiger partial charge on any atom is -0.312 e. The van der Waals surface area contributed by atoms with Crippen molar-refractivity contribution in [2.24, 2.45) is 0 Å². The van der Waals surface area contributed by atoms with Crippen molar-refractivity contribution in [3.05, 3.63) is 127 Å². The van der Waals surface area contributed by atoms with E-state index < -0.39 is 0 Å². The second-order valence-corrected chi connectivity index (χ2v) is 9.75. The zero-order valence-corrected chi connectivity index (χ0v) is 20.6. The van der Waals surface area contributed by atoms with Crippen LogP contribution in [0.4, 0.5) is 0 Å². The first-order valence-corrected chi connectivity index (χ1v) is 13.1. The molecule has 37 heavy (non-hydrogen) atoms. The van der Waals surface area contributed by atoms with E-state index in [-0.39, 0.29) is 0 Å². The van der Waals surface area contributed by atoms with Gasteiger partial charge in [0.15, 0.2) is 0 Å². The van der Waals surface area contributed by atoms with Gasteiger partial charge < -0.3 is 4.57 Å². The number of aryl methyl sites for hydroxylation is 1. The number of fused-ring (bicyclic) bond motifs is 3. The second kappa shape index (κ2) is 9.18. The van der Waals surface area contributed by atoms with Crippen LogP contribution < -0.4 is 0 Å². The van der Waals surface area contributed by atoms with Crippen LogP contribution in [0.2, 0.25) is 0 Å². The van der Waals surface area contributed by atoms with Crippen LogP contribution in [0.25, 0.3) is 50.4 Å². The fraction of sp³-hybridized carbons (Fsp3) is 0.118. The molecular formula is C34H27N3. The Morgan fingerprint density at radius 2 is 1.24 bits per heavy atom. The molecule has 0 atom stereocenters. The topological polar surface area (TPSA) is 30.7 Å². The molecule has 0 saturated carbocycles. The summed E-state index contributed by atoms with van der Waals surface area (Å²) in [6.07, 6.45) is 6.60. The average Bonchev–Trinajstić information content (AvgIpc) is 3.32. The van der Waals surface area contributed by atoms with Gasteiger partial charge in [-0.15, -0.1) is 0 Å². The van der Waals surface area contributed by atoms with Crippen LogP contribution in [0.15, 0.2) is 115 Å². The molecule has 3 aromatic carbocycles. The van der Waals surface area contributed by atoms with Gasteiger partial charge in [-0.2, -0.15) is 0 Å². The Kier molecular flexibility index (Phi) is 5.40. The number of rotatable bonds is 4. The van der Waals surface area contributed by atoms with E-state index in [4.69, 9.17) is 9.97 Å². The lowest BCUT2D eigenvalue weighted by Crippen LogP contribution is -2.07. The summed E-state index contributed by atoms with van der Waals surface area (Å²) < 4.78 is 2.44. The third-order valence-corrected chi connectivity index (χ3v) is 7.42. The van der Waals surface area contributed by atoms with E-state index in [0.29, 0.717) is 0 Å². The zero-order chi connectivity index (χ0) is 24.6. The maximum atomic E-state index is 5.06. The third-order valence-electron chi connectivity index (χ3n) is 7.42. The smallest absolute Gasteiger partial charge is 0.0919 e. The van der Waals surface area contributed by atoms with E-state index >= 15 is 0 Å². The number of benzene rings is 3. The van der Waals surface area contributed by atoms with Crippen LogP contribution in [-0.2, 0) is 12.8 Å². The van der Waals surface area contributed by atoms with E-state index in [1.165, 1.54) is 40.9 Å². The Labute approximate surface area is 217 Å². The van der Waals surface area contributed by atoms with Gasteiger partial charge in [0.25, 0.3) is 0 Å². The molecule has 0 saturated heterocycles. The third kappa shape index (κ3) is 3.93. The summed E-state index contributed by atoms with van der Waals surface area (Å²) in [6, 6.07) is 38.5. The molecular weight excluding hydrogens is 450 g/mol. The maximum absolute atomic E-state index is 5.06. The second-order valence-electron chi connectivity index (χ2n) is 9.75. The van der Waals surface area contributed by atoms with E-state index in [1.54, 1.807) is 0 Å². The predicted octanol–water partition coefficient (Wildman–Crippen LogP) is 8.30. The highest BCUT2D eigenvalue weighted by molar-refractivity contribution is 5.85. The fourth-order valence-electron chi connectivity index (χ4n) is 5.68. The molecule has 6 aromatic rings. The molecule has 0 spiro atoms. The van der Waals surface area contributed by atoms with E-state index in [9.17, 15) is 0 Å². The van der Waals surface area contributed by atoms with Gasteiger partial charge in [-0.05, 0) is 78.8 Å². The molecule has 0 N–H and O–H groups in total. The molecule has 0 unspecified atom stereocenters. The molecule has 1 aliphatic rings. The summed E-state index contributed by atoms with van der Waals surface area (Å²) in [5.41, 5.74) is 12.9. The Bertz CT molecular complexity index is 1660. The van der Waals surface area contributed by atoms with Crippen LogP contribution in [0.5, 0.6) is 0 Å². The Morgan fingerprint density at radius 3 is 1.97 bits per heavy atom. The van der Waals surface area contributed by atoms with Crippen molar-refractivity contribution in [3.63, 3.8) is 0 Å². The Hall–Kier alpha value is -4.50. The predicted molar refractivity (Wildman–Crippen MR) is 152 cm³/mol. The normalized spacial score (nSPS) is 13.0. The molecule has 1 aliphatic carbocycles. The number of pyridine rings is 2. The summed E-state index contributed by atoms with van der Waals surface area (Å²) in [7, 11) is 0. The largest absolute Gasteiger partial charge is 0.312 e. The molecule has 0 amide bonds. The van der Waals surface area contributed by atoms with Gasteiger partial charge in [-0.25, -0.2) is 4.98 Å². The first-order chi connectivity index (χ1) is 18.3. The van der Waals surface area contributed by atoms with Crippen molar-refractivity contribution in [1.29, 1.82) is 0 Å². The van der Waals surface area contributed by atoms with E-state index in [1.807, 2.05) is 18.3 Å². The lowest BCUT2D eigenvalue weighted by molar-refractivity contribution is 0.666. The molecule has 3 aromatic heterocycles. The minimum absolute atomic E-state index is 0.982. The molecule has 0 fully saturated rings. The van der Waals surface area contributed by atoms with Crippen molar-refractivity contribution in [2.75, 3.05) is 0 Å². The molecule has 0 bridgehead atoms. The molecule has 3 nitrogen and oxygen atoms in total. The van der Waals surface area contributed by atoms with Gasteiger partial charge in [0.05, 0.1) is 22.4 Å². The number of aromatic nitrogens is 3. The Balaban J connectivity index is 1.41. The van der Waals surface area contributed by atoms with Crippen LogP contribution in [0, 0.1) is 0 Å². The molecule has 3 heteroatoms. The molecule has 7 rings (SSSR count). The summed E-state index contributed by atoms with van der Waals surface area (Å²) >= 11 is 0. The molecule has 178 valence electrons. The monoisotopic (exact) mass is 477 g/mol. The molecule has 0 aliphatic heterocycles. The minimum atomic E-state index is 0.982. The fourth-order valence-corrected chi connectivity index (χ4v) is 5.68. The highest BCUT2D eigenvalue weighted by Gasteiger charge is 2.22. The van der Waals surface area contributed by atoms with Gasteiger partial charge in [0, 0.05) is 28.7 Å². The zero-order valence-electron chi connectivity index (χ0n) is 20.6. The number of nitrogens with zero attached hydrogens (tertiary/aromatic N) is 3. The molecule has 3 heterocycles. The van der Waals surface area contributed by atoms with Gasteiger partial charge in [0.1, 0.15) is 0 Å². The van der Waals surface area contributed by atoms with Gasteiger partial charge in [0.2, 0.25) is 0 Å². The average molecular weight is 478 g/mol.